The van der Waals surface area contributed by atoms with E-state index in [2.05, 4.69) is 0 Å². The third-order valence-corrected chi connectivity index (χ3v) is 2.70. The zero-order valence-electron chi connectivity index (χ0n) is 11.4. The van der Waals surface area contributed by atoms with Crippen molar-refractivity contribution in [2.24, 2.45) is 0 Å². The number of aromatic carboxylic acids is 1. The lowest BCUT2D eigenvalue weighted by atomic mass is 10.2. The van der Waals surface area contributed by atoms with Crippen LogP contribution < -0.4 is 9.47 Å². The van der Waals surface area contributed by atoms with Gasteiger partial charge in [0.1, 0.15) is 17.1 Å². The van der Waals surface area contributed by atoms with Gasteiger partial charge in [-0.25, -0.2) is 9.59 Å². The van der Waals surface area contributed by atoms with Gasteiger partial charge in [-0.1, -0.05) is 18.2 Å². The van der Waals surface area contributed by atoms with Crippen LogP contribution in [0.4, 0.5) is 0 Å². The zero-order chi connectivity index (χ0) is 15.2. The van der Waals surface area contributed by atoms with Crippen molar-refractivity contribution < 1.29 is 24.2 Å². The molecule has 0 saturated carbocycles. The second-order valence-corrected chi connectivity index (χ2v) is 4.15. The molecule has 21 heavy (non-hydrogen) atoms. The molecule has 0 unspecified atom stereocenters. The van der Waals surface area contributed by atoms with Crippen LogP contribution in [0.3, 0.4) is 0 Å². The highest BCUT2D eigenvalue weighted by atomic mass is 16.5. The van der Waals surface area contributed by atoms with Gasteiger partial charge in [-0.2, -0.15) is 0 Å². The minimum Gasteiger partial charge on any atom is -0.494 e. The Labute approximate surface area is 121 Å². The summed E-state index contributed by atoms with van der Waals surface area (Å²) in [5.74, 6) is -1.22. The lowest BCUT2D eigenvalue weighted by Gasteiger charge is -2.08. The molecule has 0 aliphatic carbocycles. The molecule has 5 heteroatoms. The number of ether oxygens (including phenoxy) is 2. The highest BCUT2D eigenvalue weighted by Crippen LogP contribution is 2.20. The van der Waals surface area contributed by atoms with Crippen molar-refractivity contribution in [3.05, 3.63) is 59.7 Å². The first kappa shape index (κ1) is 14.6. The fourth-order valence-corrected chi connectivity index (χ4v) is 1.77. The topological polar surface area (TPSA) is 72.8 Å². The van der Waals surface area contributed by atoms with Crippen LogP contribution in [0.5, 0.6) is 11.5 Å². The van der Waals surface area contributed by atoms with E-state index in [1.165, 1.54) is 12.1 Å². The van der Waals surface area contributed by atoms with Crippen molar-refractivity contribution >= 4 is 11.9 Å². The van der Waals surface area contributed by atoms with Crippen molar-refractivity contribution in [3.8, 4) is 11.5 Å². The average Bonchev–Trinajstić information content (AvgIpc) is 2.48. The Balaban J connectivity index is 2.22. The normalized spacial score (nSPS) is 9.95. The minimum atomic E-state index is -1.15. The molecule has 2 aromatic carbocycles. The van der Waals surface area contributed by atoms with E-state index in [1.807, 2.05) is 6.92 Å². The Hall–Kier alpha value is -2.82. The maximum atomic E-state index is 12.1. The molecule has 0 aliphatic heterocycles. The van der Waals surface area contributed by atoms with Gasteiger partial charge in [0, 0.05) is 0 Å². The van der Waals surface area contributed by atoms with Gasteiger partial charge in [-0.15, -0.1) is 0 Å². The first-order chi connectivity index (χ1) is 10.1. The van der Waals surface area contributed by atoms with E-state index in [0.717, 1.165) is 0 Å². The van der Waals surface area contributed by atoms with E-state index in [9.17, 15) is 9.59 Å². The van der Waals surface area contributed by atoms with Crippen LogP contribution in [0.15, 0.2) is 48.5 Å². The number of carbonyl (C=O) groups excluding carboxylic acids is 1. The average molecular weight is 286 g/mol. The molecular weight excluding hydrogens is 272 g/mol. The predicted octanol–water partition coefficient (Wildman–Crippen LogP) is 3.00. The summed E-state index contributed by atoms with van der Waals surface area (Å²) in [7, 11) is 0. The van der Waals surface area contributed by atoms with Crippen LogP contribution in [-0.2, 0) is 0 Å². The number of hydrogen-bond acceptors (Lipinski definition) is 4. The summed E-state index contributed by atoms with van der Waals surface area (Å²) in [6, 6.07) is 12.5. The quantitative estimate of drug-likeness (QED) is 0.675. The second kappa shape index (κ2) is 6.56. The molecule has 0 amide bonds. The number of rotatable bonds is 5. The van der Waals surface area contributed by atoms with Gasteiger partial charge in [-0.05, 0) is 37.3 Å². The van der Waals surface area contributed by atoms with Gasteiger partial charge in [0.2, 0.25) is 0 Å². The van der Waals surface area contributed by atoms with Crippen LogP contribution in [-0.4, -0.2) is 23.7 Å². The van der Waals surface area contributed by atoms with Crippen LogP contribution in [0, 0.1) is 0 Å². The van der Waals surface area contributed by atoms with Crippen LogP contribution in [0.1, 0.15) is 27.6 Å². The second-order valence-electron chi connectivity index (χ2n) is 4.15. The summed E-state index contributed by atoms with van der Waals surface area (Å²) >= 11 is 0. The summed E-state index contributed by atoms with van der Waals surface area (Å²) in [5, 5.41) is 9.05. The summed E-state index contributed by atoms with van der Waals surface area (Å²) in [6.07, 6.45) is 0. The third kappa shape index (κ3) is 3.60. The summed E-state index contributed by atoms with van der Waals surface area (Å²) in [5.41, 5.74) is 0.230. The Morgan fingerprint density at radius 1 is 1.10 bits per heavy atom. The SMILES string of the molecule is CCOc1cccc(C(=O)Oc2ccccc2C(=O)O)c1. The minimum absolute atomic E-state index is 0.0109. The molecule has 0 aliphatic rings. The van der Waals surface area contributed by atoms with Crippen molar-refractivity contribution in [2.45, 2.75) is 6.92 Å². The van der Waals surface area contributed by atoms with E-state index in [-0.39, 0.29) is 11.3 Å². The maximum Gasteiger partial charge on any atom is 0.343 e. The number of esters is 1. The highest BCUT2D eigenvalue weighted by molar-refractivity contribution is 5.95. The van der Waals surface area contributed by atoms with E-state index >= 15 is 0 Å². The van der Waals surface area contributed by atoms with E-state index in [1.54, 1.807) is 36.4 Å². The van der Waals surface area contributed by atoms with Crippen molar-refractivity contribution in [2.75, 3.05) is 6.61 Å². The predicted molar refractivity (Wildman–Crippen MR) is 76.0 cm³/mol. The molecule has 2 rings (SSSR count). The molecule has 2 aromatic rings. The molecule has 1 N–H and O–H groups in total. The molecule has 0 heterocycles. The number of hydrogen-bond donors (Lipinski definition) is 1. The number of benzene rings is 2. The lowest BCUT2D eigenvalue weighted by Crippen LogP contribution is -2.11. The Morgan fingerprint density at radius 3 is 2.57 bits per heavy atom. The van der Waals surface area contributed by atoms with Crippen LogP contribution in [0.25, 0.3) is 0 Å². The molecule has 0 aromatic heterocycles. The van der Waals surface area contributed by atoms with E-state index in [0.29, 0.717) is 17.9 Å². The molecule has 0 bridgehead atoms. The zero-order valence-corrected chi connectivity index (χ0v) is 11.4. The molecular formula is C16H14O5. The lowest BCUT2D eigenvalue weighted by molar-refractivity contribution is 0.0681. The van der Waals surface area contributed by atoms with Gasteiger partial charge in [0.05, 0.1) is 12.2 Å². The van der Waals surface area contributed by atoms with Gasteiger partial charge in [-0.3, -0.25) is 0 Å². The number of carboxylic acid groups (broad SMARTS) is 1. The largest absolute Gasteiger partial charge is 0.494 e. The monoisotopic (exact) mass is 286 g/mol. The van der Waals surface area contributed by atoms with Crippen molar-refractivity contribution in [1.29, 1.82) is 0 Å². The third-order valence-electron chi connectivity index (χ3n) is 2.70. The fourth-order valence-electron chi connectivity index (χ4n) is 1.77. The molecule has 108 valence electrons. The van der Waals surface area contributed by atoms with Gasteiger partial charge < -0.3 is 14.6 Å². The number of carboxylic acids is 1. The summed E-state index contributed by atoms with van der Waals surface area (Å²) in [4.78, 5) is 23.1. The maximum absolute atomic E-state index is 12.1. The van der Waals surface area contributed by atoms with Crippen LogP contribution in [0.2, 0.25) is 0 Å². The molecule has 0 radical (unpaired) electrons. The Bertz CT molecular complexity index is 663. The van der Waals surface area contributed by atoms with Crippen LogP contribution >= 0.6 is 0 Å². The fraction of sp³-hybridized carbons (Fsp3) is 0.125. The number of carbonyl (C=O) groups is 2. The molecule has 0 spiro atoms. The van der Waals surface area contributed by atoms with Gasteiger partial charge in [0.15, 0.2) is 0 Å². The molecule has 0 fully saturated rings. The van der Waals surface area contributed by atoms with E-state index < -0.39 is 11.9 Å². The van der Waals surface area contributed by atoms with Crippen molar-refractivity contribution in [3.63, 3.8) is 0 Å². The highest BCUT2D eigenvalue weighted by Gasteiger charge is 2.15. The van der Waals surface area contributed by atoms with Crippen molar-refractivity contribution in [1.82, 2.24) is 0 Å². The molecule has 0 saturated heterocycles. The van der Waals surface area contributed by atoms with Gasteiger partial charge in [0.25, 0.3) is 0 Å². The summed E-state index contributed by atoms with van der Waals surface area (Å²) < 4.78 is 10.5. The smallest absolute Gasteiger partial charge is 0.343 e. The first-order valence-corrected chi connectivity index (χ1v) is 6.39. The summed E-state index contributed by atoms with van der Waals surface area (Å²) in [6.45, 7) is 2.33. The number of para-hydroxylation sites is 1. The Kier molecular flexibility index (Phi) is 4.56. The standard InChI is InChI=1S/C16H14O5/c1-2-20-12-7-5-6-11(10-12)16(19)21-14-9-4-3-8-13(14)15(17)18/h3-10H,2H2,1H3,(H,17,18). The first-order valence-electron chi connectivity index (χ1n) is 6.39. The molecule has 5 nitrogen and oxygen atoms in total. The van der Waals surface area contributed by atoms with E-state index in [4.69, 9.17) is 14.6 Å². The molecule has 0 atom stereocenters. The van der Waals surface area contributed by atoms with Gasteiger partial charge >= 0.3 is 11.9 Å². The Morgan fingerprint density at radius 2 is 1.86 bits per heavy atom.